The average Bonchev–Trinajstić information content (AvgIpc) is 3.35. The molecule has 8 fully saturated rings. The lowest BCUT2D eigenvalue weighted by molar-refractivity contribution is -0.0798. The molecule has 3 N–H and O–H groups in total. The molecule has 1 aromatic heterocycles. The average molecular weight is 587 g/mol. The molecule has 8 bridgehead atoms. The molecule has 0 radical (unpaired) electrons. The van der Waals surface area contributed by atoms with Gasteiger partial charge in [0.25, 0.3) is 0 Å². The summed E-state index contributed by atoms with van der Waals surface area (Å²) in [5.74, 6) is 4.86. The number of para-hydroxylation sites is 1. The molecule has 0 spiro atoms. The number of aliphatic hydroxyl groups excluding tert-OH is 1. The Labute approximate surface area is 253 Å². The molecular weight excluding hydrogens is 544 g/mol. The summed E-state index contributed by atoms with van der Waals surface area (Å²) in [5, 5.41) is 19.1. The fourth-order valence-corrected chi connectivity index (χ4v) is 12.0. The monoisotopic (exact) mass is 586 g/mol. The molecule has 8 aliphatic carbocycles. The summed E-state index contributed by atoms with van der Waals surface area (Å²) in [5.41, 5.74) is 9.59. The molecule has 2 aromatic carbocycles. The fourth-order valence-electron chi connectivity index (χ4n) is 11.8. The summed E-state index contributed by atoms with van der Waals surface area (Å²) >= 11 is 6.46. The van der Waals surface area contributed by atoms with Gasteiger partial charge in [0.15, 0.2) is 0 Å². The number of carbonyl (C=O) groups excluding carboxylic acids is 1. The van der Waals surface area contributed by atoms with Crippen LogP contribution >= 0.6 is 11.6 Å². The molecule has 11 rings (SSSR count). The maximum atomic E-state index is 12.4. The van der Waals surface area contributed by atoms with Crippen LogP contribution in [-0.4, -0.2) is 32.6 Å². The molecule has 1 heterocycles. The highest BCUT2D eigenvalue weighted by Crippen LogP contribution is 2.65. The Kier molecular flexibility index (Phi) is 6.49. The number of nitrogens with zero attached hydrogens (tertiary/aromatic N) is 3. The van der Waals surface area contributed by atoms with E-state index in [0.29, 0.717) is 22.6 Å². The van der Waals surface area contributed by atoms with E-state index in [-0.39, 0.29) is 11.5 Å². The summed E-state index contributed by atoms with van der Waals surface area (Å²) in [4.78, 5) is 12.4. The van der Waals surface area contributed by atoms with E-state index in [0.717, 1.165) is 52.1 Å². The molecule has 3 aromatic rings. The predicted molar refractivity (Wildman–Crippen MR) is 164 cm³/mol. The molecule has 6 nitrogen and oxygen atoms in total. The van der Waals surface area contributed by atoms with Gasteiger partial charge in [-0.1, -0.05) is 28.9 Å². The van der Waals surface area contributed by atoms with Crippen LogP contribution in [0.2, 0.25) is 5.02 Å². The van der Waals surface area contributed by atoms with E-state index in [1.165, 1.54) is 77.0 Å². The number of nitrogens with two attached hydrogens (primary N) is 1. The normalized spacial score (nSPS) is 38.0. The van der Waals surface area contributed by atoms with E-state index in [2.05, 4.69) is 21.1 Å². The summed E-state index contributed by atoms with van der Waals surface area (Å²) in [6, 6.07) is 13.4. The highest BCUT2D eigenvalue weighted by atomic mass is 35.5. The molecule has 0 saturated heterocycles. The maximum Gasteiger partial charge on any atom is 0.249 e. The van der Waals surface area contributed by atoms with Crippen LogP contribution < -0.4 is 5.73 Å². The van der Waals surface area contributed by atoms with Crippen LogP contribution in [0.15, 0.2) is 42.5 Å². The first-order chi connectivity index (χ1) is 20.3. The number of amides is 1. The van der Waals surface area contributed by atoms with Gasteiger partial charge in [-0.2, -0.15) is 0 Å². The van der Waals surface area contributed by atoms with Crippen molar-refractivity contribution < 1.29 is 9.90 Å². The Bertz CT molecular complexity index is 1440. The lowest BCUT2D eigenvalue weighted by atomic mass is 9.47. The summed E-state index contributed by atoms with van der Waals surface area (Å²) in [6.45, 7) is 0.469. The van der Waals surface area contributed by atoms with Gasteiger partial charge in [0.1, 0.15) is 5.52 Å². The SMILES string of the molecule is NC(=O)c1ccc(Cl)cc1C(n1nnc2ccccc21)C12CC3CC(CC(C3)C1)C2.OCC12CC3CC(CC(C3)C1)C2. The standard InChI is InChI=1S/C24H25ClN4O.C11H18O/c25-17-5-6-18(23(26)30)19(10-17)22(29-21-4-2-1-3-20(21)27-28-29)24-11-14-7-15(12-24)9-16(8-14)13-24;12-7-11-4-8-1-9(5-11)3-10(2-8)6-11/h1-6,10,14-16,22H,7-9,11-13H2,(H2,26,30);8-10,12H,1-7H2. The molecule has 42 heavy (non-hydrogen) atoms. The third kappa shape index (κ3) is 4.51. The van der Waals surface area contributed by atoms with Crippen molar-refractivity contribution in [1.29, 1.82) is 0 Å². The van der Waals surface area contributed by atoms with Crippen molar-refractivity contribution in [3.8, 4) is 0 Å². The van der Waals surface area contributed by atoms with E-state index in [1.54, 1.807) is 12.1 Å². The summed E-state index contributed by atoms with van der Waals surface area (Å²) < 4.78 is 2.06. The molecule has 1 unspecified atom stereocenters. The van der Waals surface area contributed by atoms with Gasteiger partial charge in [-0.3, -0.25) is 4.79 Å². The van der Waals surface area contributed by atoms with Gasteiger partial charge >= 0.3 is 0 Å². The molecular formula is C35H43ClN4O2. The zero-order chi connectivity index (χ0) is 28.6. The van der Waals surface area contributed by atoms with E-state index in [1.807, 2.05) is 24.3 Å². The number of carbonyl (C=O) groups is 1. The number of aliphatic hydroxyl groups is 1. The summed E-state index contributed by atoms with van der Waals surface area (Å²) in [7, 11) is 0. The summed E-state index contributed by atoms with van der Waals surface area (Å²) in [6.07, 6.45) is 16.0. The number of primary amides is 1. The number of hydrogen-bond acceptors (Lipinski definition) is 4. The molecule has 1 atom stereocenters. The van der Waals surface area contributed by atoms with Crippen molar-refractivity contribution in [1.82, 2.24) is 15.0 Å². The Morgan fingerprint density at radius 1 is 0.881 bits per heavy atom. The zero-order valence-electron chi connectivity index (χ0n) is 24.4. The molecule has 1 amide bonds. The number of rotatable bonds is 5. The third-order valence-corrected chi connectivity index (χ3v) is 12.6. The molecule has 8 saturated carbocycles. The smallest absolute Gasteiger partial charge is 0.249 e. The molecule has 8 aliphatic rings. The van der Waals surface area contributed by atoms with E-state index in [4.69, 9.17) is 17.3 Å². The van der Waals surface area contributed by atoms with Gasteiger partial charge < -0.3 is 10.8 Å². The van der Waals surface area contributed by atoms with E-state index < -0.39 is 5.91 Å². The van der Waals surface area contributed by atoms with Crippen LogP contribution in [0.1, 0.15) is 99.0 Å². The van der Waals surface area contributed by atoms with E-state index >= 15 is 0 Å². The van der Waals surface area contributed by atoms with Gasteiger partial charge in [-0.25, -0.2) is 4.68 Å². The minimum absolute atomic E-state index is 0.0557. The largest absolute Gasteiger partial charge is 0.396 e. The third-order valence-electron chi connectivity index (χ3n) is 12.4. The number of aromatic nitrogens is 3. The maximum absolute atomic E-state index is 12.4. The second-order valence-electron chi connectivity index (χ2n) is 15.4. The van der Waals surface area contributed by atoms with Gasteiger partial charge in [0, 0.05) is 17.2 Å². The first-order valence-corrected chi connectivity index (χ1v) is 16.7. The van der Waals surface area contributed by atoms with Crippen molar-refractivity contribution in [2.75, 3.05) is 6.61 Å². The number of fused-ring (bicyclic) bond motifs is 1. The van der Waals surface area contributed by atoms with Crippen molar-refractivity contribution in [2.24, 2.45) is 52.1 Å². The first kappa shape index (κ1) is 27.1. The second-order valence-corrected chi connectivity index (χ2v) is 15.8. The quantitative estimate of drug-likeness (QED) is 0.331. The van der Waals surface area contributed by atoms with Crippen molar-refractivity contribution in [2.45, 2.75) is 83.1 Å². The highest BCUT2D eigenvalue weighted by Gasteiger charge is 2.56. The Hall–Kier alpha value is -2.44. The van der Waals surface area contributed by atoms with Gasteiger partial charge in [-0.15, -0.1) is 5.10 Å². The lowest BCUT2D eigenvalue weighted by Gasteiger charge is -2.59. The Morgan fingerprint density at radius 2 is 1.43 bits per heavy atom. The minimum Gasteiger partial charge on any atom is -0.396 e. The second kappa shape index (κ2) is 10.1. The lowest BCUT2D eigenvalue weighted by Crippen LogP contribution is -2.50. The van der Waals surface area contributed by atoms with Gasteiger partial charge in [0.05, 0.1) is 11.6 Å². The first-order valence-electron chi connectivity index (χ1n) is 16.3. The van der Waals surface area contributed by atoms with Crippen LogP contribution in [0.5, 0.6) is 0 Å². The van der Waals surface area contributed by atoms with Crippen molar-refractivity contribution in [3.63, 3.8) is 0 Å². The Morgan fingerprint density at radius 3 is 1.98 bits per heavy atom. The van der Waals surface area contributed by atoms with Crippen LogP contribution in [0.4, 0.5) is 0 Å². The molecule has 222 valence electrons. The highest BCUT2D eigenvalue weighted by molar-refractivity contribution is 6.30. The minimum atomic E-state index is -0.416. The van der Waals surface area contributed by atoms with Crippen LogP contribution in [0.25, 0.3) is 11.0 Å². The van der Waals surface area contributed by atoms with Gasteiger partial charge in [0.2, 0.25) is 5.91 Å². The number of hydrogen-bond donors (Lipinski definition) is 2. The topological polar surface area (TPSA) is 94.0 Å². The zero-order valence-corrected chi connectivity index (χ0v) is 25.2. The van der Waals surface area contributed by atoms with Crippen LogP contribution in [-0.2, 0) is 0 Å². The van der Waals surface area contributed by atoms with Crippen LogP contribution in [0, 0.1) is 46.3 Å². The van der Waals surface area contributed by atoms with E-state index in [9.17, 15) is 9.90 Å². The fraction of sp³-hybridized carbons (Fsp3) is 0.629. The van der Waals surface area contributed by atoms with Gasteiger partial charge in [-0.05, 0) is 159 Å². The predicted octanol–water partition coefficient (Wildman–Crippen LogP) is 7.18. The molecule has 0 aliphatic heterocycles. The van der Waals surface area contributed by atoms with Crippen LogP contribution in [0.3, 0.4) is 0 Å². The number of benzene rings is 2. The van der Waals surface area contributed by atoms with Crippen molar-refractivity contribution in [3.05, 3.63) is 58.6 Å². The number of halogens is 1. The Balaban J connectivity index is 0.000000184. The van der Waals surface area contributed by atoms with Crippen molar-refractivity contribution >= 4 is 28.5 Å². The molecule has 7 heteroatoms.